The number of carbonyl (C=O) groups excluding carboxylic acids is 1. The lowest BCUT2D eigenvalue weighted by atomic mass is 10.2. The number of nitrogens with one attached hydrogen (secondary N) is 1. The summed E-state index contributed by atoms with van der Waals surface area (Å²) in [6.45, 7) is 1.63. The van der Waals surface area contributed by atoms with Gasteiger partial charge in [-0.15, -0.1) is 0 Å². The third-order valence-corrected chi connectivity index (χ3v) is 6.38. The molecule has 3 rings (SSSR count). The second kappa shape index (κ2) is 8.73. The molecule has 0 atom stereocenters. The molecular formula is C22H20F2N2O3S. The van der Waals surface area contributed by atoms with Gasteiger partial charge < -0.3 is 5.32 Å². The molecule has 0 aromatic heterocycles. The lowest BCUT2D eigenvalue weighted by Crippen LogP contribution is -2.27. The summed E-state index contributed by atoms with van der Waals surface area (Å²) in [6.07, 6.45) is 0. The Bertz CT molecular complexity index is 1180. The molecule has 0 fully saturated rings. The Morgan fingerprint density at radius 3 is 2.33 bits per heavy atom. The number of aryl methyl sites for hydroxylation is 1. The lowest BCUT2D eigenvalue weighted by molar-refractivity contribution is 0.102. The van der Waals surface area contributed by atoms with E-state index in [1.165, 1.54) is 25.2 Å². The van der Waals surface area contributed by atoms with Crippen LogP contribution in [0.25, 0.3) is 0 Å². The van der Waals surface area contributed by atoms with E-state index in [1.807, 2.05) is 0 Å². The topological polar surface area (TPSA) is 66.5 Å². The van der Waals surface area contributed by atoms with E-state index in [1.54, 1.807) is 37.3 Å². The average molecular weight is 430 g/mol. The number of hydrogen-bond donors (Lipinski definition) is 1. The summed E-state index contributed by atoms with van der Waals surface area (Å²) >= 11 is 0. The molecular weight excluding hydrogens is 410 g/mol. The fraction of sp³-hybridized carbons (Fsp3) is 0.136. The molecule has 0 unspecified atom stereocenters. The highest BCUT2D eigenvalue weighted by atomic mass is 32.2. The number of halogens is 2. The molecule has 0 aliphatic carbocycles. The molecule has 0 saturated carbocycles. The summed E-state index contributed by atoms with van der Waals surface area (Å²) in [4.78, 5) is 11.9. The highest BCUT2D eigenvalue weighted by molar-refractivity contribution is 7.89. The maximum absolute atomic E-state index is 14.4. The first-order chi connectivity index (χ1) is 14.2. The molecule has 3 aromatic rings. The summed E-state index contributed by atoms with van der Waals surface area (Å²) in [6, 6.07) is 16.1. The van der Waals surface area contributed by atoms with Crippen molar-refractivity contribution in [3.8, 4) is 0 Å². The molecule has 1 N–H and O–H groups in total. The van der Waals surface area contributed by atoms with E-state index in [0.29, 0.717) is 5.56 Å². The van der Waals surface area contributed by atoms with Crippen molar-refractivity contribution in [3.05, 3.63) is 95.1 Å². The average Bonchev–Trinajstić information content (AvgIpc) is 2.71. The number of rotatable bonds is 6. The van der Waals surface area contributed by atoms with E-state index in [9.17, 15) is 22.0 Å². The lowest BCUT2D eigenvalue weighted by Gasteiger charge is -2.18. The van der Waals surface area contributed by atoms with Crippen LogP contribution >= 0.6 is 0 Å². The van der Waals surface area contributed by atoms with Crippen LogP contribution in [0.4, 0.5) is 14.5 Å². The highest BCUT2D eigenvalue weighted by Gasteiger charge is 2.26. The molecule has 0 aliphatic heterocycles. The van der Waals surface area contributed by atoms with Gasteiger partial charge in [-0.3, -0.25) is 4.79 Å². The third-order valence-electron chi connectivity index (χ3n) is 4.56. The van der Waals surface area contributed by atoms with Crippen molar-refractivity contribution in [1.29, 1.82) is 0 Å². The zero-order valence-corrected chi connectivity index (χ0v) is 17.2. The summed E-state index contributed by atoms with van der Waals surface area (Å²) in [5, 5.41) is 2.48. The summed E-state index contributed by atoms with van der Waals surface area (Å²) in [5.74, 6) is -2.13. The quantitative estimate of drug-likeness (QED) is 0.632. The first kappa shape index (κ1) is 21.6. The van der Waals surface area contributed by atoms with E-state index in [0.717, 1.165) is 28.1 Å². The summed E-state index contributed by atoms with van der Waals surface area (Å²) in [5.41, 5.74) is 1.30. The summed E-state index contributed by atoms with van der Waals surface area (Å²) < 4.78 is 54.8. The van der Waals surface area contributed by atoms with Crippen molar-refractivity contribution in [1.82, 2.24) is 4.31 Å². The largest absolute Gasteiger partial charge is 0.322 e. The molecule has 156 valence electrons. The highest BCUT2D eigenvalue weighted by Crippen LogP contribution is 2.22. The van der Waals surface area contributed by atoms with E-state index < -0.39 is 32.5 Å². The van der Waals surface area contributed by atoms with Crippen molar-refractivity contribution >= 4 is 21.6 Å². The fourth-order valence-electron chi connectivity index (χ4n) is 2.81. The van der Waals surface area contributed by atoms with E-state index in [-0.39, 0.29) is 17.8 Å². The van der Waals surface area contributed by atoms with Crippen LogP contribution in [0.1, 0.15) is 21.5 Å². The van der Waals surface area contributed by atoms with Gasteiger partial charge in [0.2, 0.25) is 10.0 Å². The van der Waals surface area contributed by atoms with Gasteiger partial charge in [-0.2, -0.15) is 4.31 Å². The van der Waals surface area contributed by atoms with Crippen LogP contribution in [-0.4, -0.2) is 25.7 Å². The molecule has 0 aliphatic rings. The maximum Gasteiger partial charge on any atom is 0.255 e. The number of carbonyl (C=O) groups is 1. The number of anilines is 1. The summed E-state index contributed by atoms with van der Waals surface area (Å²) in [7, 11) is -2.85. The molecule has 0 bridgehead atoms. The predicted octanol–water partition coefficient (Wildman–Crippen LogP) is 4.35. The number of nitrogens with zero attached hydrogens (tertiary/aromatic N) is 1. The van der Waals surface area contributed by atoms with Gasteiger partial charge in [0.1, 0.15) is 16.5 Å². The van der Waals surface area contributed by atoms with Crippen LogP contribution in [0.5, 0.6) is 0 Å². The molecule has 0 radical (unpaired) electrons. The number of sulfonamides is 1. The van der Waals surface area contributed by atoms with Crippen molar-refractivity contribution in [3.63, 3.8) is 0 Å². The minimum absolute atomic E-state index is 0.0433. The van der Waals surface area contributed by atoms with E-state index >= 15 is 0 Å². The minimum Gasteiger partial charge on any atom is -0.322 e. The van der Waals surface area contributed by atoms with Crippen molar-refractivity contribution in [2.75, 3.05) is 12.4 Å². The zero-order chi connectivity index (χ0) is 21.9. The van der Waals surface area contributed by atoms with Gasteiger partial charge in [0.25, 0.3) is 5.91 Å². The van der Waals surface area contributed by atoms with Gasteiger partial charge in [0.15, 0.2) is 0 Å². The monoisotopic (exact) mass is 430 g/mol. The Morgan fingerprint density at radius 2 is 1.67 bits per heavy atom. The van der Waals surface area contributed by atoms with E-state index in [2.05, 4.69) is 5.32 Å². The zero-order valence-electron chi connectivity index (χ0n) is 16.4. The van der Waals surface area contributed by atoms with Crippen LogP contribution in [0.15, 0.2) is 71.6 Å². The standard InChI is InChI=1S/C22H20F2N2O3S/c1-15-8-10-18(13-20(15)24)25-22(27)17-9-11-19(23)21(12-17)30(28,29)26(2)14-16-6-4-3-5-7-16/h3-13H,14H2,1-2H3,(H,25,27). The first-order valence-corrected chi connectivity index (χ1v) is 10.5. The molecule has 1 amide bonds. The van der Waals surface area contributed by atoms with Gasteiger partial charge in [-0.1, -0.05) is 36.4 Å². The van der Waals surface area contributed by atoms with Gasteiger partial charge >= 0.3 is 0 Å². The molecule has 3 aromatic carbocycles. The van der Waals surface area contributed by atoms with Crippen molar-refractivity contribution in [2.24, 2.45) is 0 Å². The second-order valence-corrected chi connectivity index (χ2v) is 8.82. The van der Waals surface area contributed by atoms with Crippen molar-refractivity contribution in [2.45, 2.75) is 18.4 Å². The van der Waals surface area contributed by atoms with Crippen LogP contribution in [-0.2, 0) is 16.6 Å². The van der Waals surface area contributed by atoms with Gasteiger partial charge in [0.05, 0.1) is 0 Å². The number of benzene rings is 3. The predicted molar refractivity (Wildman–Crippen MR) is 111 cm³/mol. The van der Waals surface area contributed by atoms with Crippen molar-refractivity contribution < 1.29 is 22.0 Å². The normalized spacial score (nSPS) is 11.5. The van der Waals surface area contributed by atoms with Gasteiger partial charge in [-0.05, 0) is 48.4 Å². The molecule has 5 nitrogen and oxygen atoms in total. The molecule has 30 heavy (non-hydrogen) atoms. The van der Waals surface area contributed by atoms with Gasteiger partial charge in [-0.25, -0.2) is 17.2 Å². The first-order valence-electron chi connectivity index (χ1n) is 9.06. The van der Waals surface area contributed by atoms with Crippen LogP contribution < -0.4 is 5.32 Å². The molecule has 0 heterocycles. The smallest absolute Gasteiger partial charge is 0.255 e. The van der Waals surface area contributed by atoms with Gasteiger partial charge in [0, 0.05) is 24.8 Å². The third kappa shape index (κ3) is 4.72. The Balaban J connectivity index is 1.86. The number of amides is 1. The Morgan fingerprint density at radius 1 is 0.967 bits per heavy atom. The Labute approximate surface area is 174 Å². The Kier molecular flexibility index (Phi) is 6.28. The Hall–Kier alpha value is -3.10. The number of hydrogen-bond acceptors (Lipinski definition) is 3. The van der Waals surface area contributed by atoms with E-state index in [4.69, 9.17) is 0 Å². The molecule has 0 spiro atoms. The second-order valence-electron chi connectivity index (χ2n) is 6.81. The van der Waals surface area contributed by atoms with Crippen LogP contribution in [0.3, 0.4) is 0 Å². The molecule has 0 saturated heterocycles. The van der Waals surface area contributed by atoms with Crippen LogP contribution in [0.2, 0.25) is 0 Å². The minimum atomic E-state index is -4.19. The SMILES string of the molecule is Cc1ccc(NC(=O)c2ccc(F)c(S(=O)(=O)N(C)Cc3ccccc3)c2)cc1F. The van der Waals surface area contributed by atoms with Crippen LogP contribution in [0, 0.1) is 18.6 Å². The fourth-order valence-corrected chi connectivity index (χ4v) is 4.05. The maximum atomic E-state index is 14.4. The molecule has 8 heteroatoms.